The van der Waals surface area contributed by atoms with E-state index in [2.05, 4.69) is 5.32 Å². The van der Waals surface area contributed by atoms with Gasteiger partial charge in [-0.1, -0.05) is 42.5 Å². The van der Waals surface area contributed by atoms with Gasteiger partial charge in [-0.25, -0.2) is 4.79 Å². The first-order valence-corrected chi connectivity index (χ1v) is 10.6. The van der Waals surface area contributed by atoms with Crippen LogP contribution in [0.5, 0.6) is 0 Å². The summed E-state index contributed by atoms with van der Waals surface area (Å²) in [5.74, 6) is -0.801. The Kier molecular flexibility index (Phi) is 6.60. The molecule has 32 heavy (non-hydrogen) atoms. The predicted octanol–water partition coefficient (Wildman–Crippen LogP) is 4.53. The van der Waals surface area contributed by atoms with Crippen LogP contribution in [0.3, 0.4) is 0 Å². The number of carbonyl (C=O) groups is 3. The number of hydrogen-bond donors (Lipinski definition) is 1. The molecule has 0 spiro atoms. The molecule has 6 nitrogen and oxygen atoms in total. The Morgan fingerprint density at radius 3 is 2.16 bits per heavy atom. The molecule has 0 saturated carbocycles. The number of rotatable bonds is 6. The van der Waals surface area contributed by atoms with Crippen molar-refractivity contribution in [2.45, 2.75) is 19.4 Å². The molecule has 0 aliphatic carbocycles. The number of likely N-dealkylation sites (tertiary alicyclic amines) is 1. The Morgan fingerprint density at radius 1 is 0.781 bits per heavy atom. The van der Waals surface area contributed by atoms with Crippen LogP contribution >= 0.6 is 0 Å². The Labute approximate surface area is 186 Å². The van der Waals surface area contributed by atoms with Crippen molar-refractivity contribution >= 4 is 23.5 Å². The lowest BCUT2D eigenvalue weighted by Crippen LogP contribution is -2.27. The average molecular weight is 428 g/mol. The maximum absolute atomic E-state index is 12.7. The quantitative estimate of drug-likeness (QED) is 0.585. The van der Waals surface area contributed by atoms with Crippen LogP contribution in [0, 0.1) is 0 Å². The fourth-order valence-corrected chi connectivity index (χ4v) is 3.63. The smallest absolute Gasteiger partial charge is 0.340 e. The number of hydrogen-bond acceptors (Lipinski definition) is 4. The molecule has 0 bridgehead atoms. The van der Waals surface area contributed by atoms with Crippen molar-refractivity contribution in [3.63, 3.8) is 0 Å². The van der Waals surface area contributed by atoms with Crippen molar-refractivity contribution in [2.24, 2.45) is 0 Å². The third-order valence-corrected chi connectivity index (χ3v) is 5.40. The van der Waals surface area contributed by atoms with Gasteiger partial charge in [0.05, 0.1) is 11.3 Å². The van der Waals surface area contributed by atoms with Crippen molar-refractivity contribution in [2.75, 3.05) is 18.4 Å². The van der Waals surface area contributed by atoms with Crippen LogP contribution in [-0.4, -0.2) is 35.8 Å². The third kappa shape index (κ3) is 5.03. The van der Waals surface area contributed by atoms with E-state index < -0.39 is 5.97 Å². The van der Waals surface area contributed by atoms with Gasteiger partial charge in [-0.15, -0.1) is 0 Å². The molecule has 1 aliphatic rings. The molecular formula is C26H24N2O4. The van der Waals surface area contributed by atoms with Crippen LogP contribution in [0.25, 0.3) is 0 Å². The number of benzene rings is 3. The number of nitrogens with one attached hydrogen (secondary N) is 1. The summed E-state index contributed by atoms with van der Waals surface area (Å²) in [6.45, 7) is 1.68. The number of amides is 2. The lowest BCUT2D eigenvalue weighted by Gasteiger charge is -2.15. The summed E-state index contributed by atoms with van der Waals surface area (Å²) in [4.78, 5) is 39.4. The molecule has 6 heteroatoms. The minimum absolute atomic E-state index is 0.0362. The fourth-order valence-electron chi connectivity index (χ4n) is 3.63. The van der Waals surface area contributed by atoms with E-state index in [0.29, 0.717) is 16.8 Å². The van der Waals surface area contributed by atoms with E-state index in [1.54, 1.807) is 72.8 Å². The van der Waals surface area contributed by atoms with Crippen molar-refractivity contribution < 1.29 is 19.1 Å². The van der Waals surface area contributed by atoms with Crippen molar-refractivity contribution in [1.82, 2.24) is 4.90 Å². The average Bonchev–Trinajstić information content (AvgIpc) is 3.38. The predicted molar refractivity (Wildman–Crippen MR) is 122 cm³/mol. The molecule has 1 saturated heterocycles. The first kappa shape index (κ1) is 21.3. The van der Waals surface area contributed by atoms with Crippen molar-refractivity contribution in [3.8, 4) is 0 Å². The molecule has 1 fully saturated rings. The van der Waals surface area contributed by atoms with Crippen LogP contribution in [0.15, 0.2) is 78.9 Å². The van der Waals surface area contributed by atoms with Crippen LogP contribution in [-0.2, 0) is 11.3 Å². The second kappa shape index (κ2) is 9.92. The normalized spacial score (nSPS) is 12.9. The molecule has 0 radical (unpaired) electrons. The summed E-state index contributed by atoms with van der Waals surface area (Å²) in [7, 11) is 0. The summed E-state index contributed by atoms with van der Waals surface area (Å²) in [5.41, 5.74) is 2.58. The summed E-state index contributed by atoms with van der Waals surface area (Å²) in [6, 6.07) is 22.6. The van der Waals surface area contributed by atoms with Gasteiger partial charge in [-0.05, 0) is 54.8 Å². The van der Waals surface area contributed by atoms with E-state index in [4.69, 9.17) is 4.74 Å². The second-order valence-corrected chi connectivity index (χ2v) is 7.64. The topological polar surface area (TPSA) is 75.7 Å². The monoisotopic (exact) mass is 428 g/mol. The van der Waals surface area contributed by atoms with Crippen LogP contribution in [0.1, 0.15) is 49.5 Å². The lowest BCUT2D eigenvalue weighted by molar-refractivity contribution is 0.0473. The molecule has 0 atom stereocenters. The first-order chi connectivity index (χ1) is 15.6. The van der Waals surface area contributed by atoms with E-state index in [-0.39, 0.29) is 24.0 Å². The van der Waals surface area contributed by atoms with Crippen molar-refractivity contribution in [1.29, 1.82) is 0 Å². The number of nitrogens with zero attached hydrogens (tertiary/aromatic N) is 1. The molecule has 3 aromatic rings. The van der Waals surface area contributed by atoms with Gasteiger partial charge in [0.15, 0.2) is 0 Å². The highest BCUT2D eigenvalue weighted by atomic mass is 16.5. The lowest BCUT2D eigenvalue weighted by atomic mass is 10.1. The zero-order chi connectivity index (χ0) is 22.3. The van der Waals surface area contributed by atoms with E-state index >= 15 is 0 Å². The van der Waals surface area contributed by atoms with Gasteiger partial charge in [0.1, 0.15) is 6.61 Å². The van der Waals surface area contributed by atoms with E-state index in [1.807, 2.05) is 11.0 Å². The molecule has 0 unspecified atom stereocenters. The highest BCUT2D eigenvalue weighted by Crippen LogP contribution is 2.19. The Hall–Kier alpha value is -3.93. The molecule has 0 aromatic heterocycles. The Balaban J connectivity index is 1.38. The maximum atomic E-state index is 12.7. The van der Waals surface area contributed by atoms with E-state index in [1.165, 1.54) is 0 Å². The van der Waals surface area contributed by atoms with Crippen LogP contribution < -0.4 is 5.32 Å². The molecule has 162 valence electrons. The number of para-hydroxylation sites is 1. The SMILES string of the molecule is O=C(Nc1ccccc1C(=O)OCc1ccc(C(=O)N2CCCC2)cc1)c1ccccc1. The molecule has 1 aliphatic heterocycles. The van der Waals surface area contributed by atoms with Gasteiger partial charge in [0.25, 0.3) is 11.8 Å². The third-order valence-electron chi connectivity index (χ3n) is 5.40. The molecular weight excluding hydrogens is 404 g/mol. The van der Waals surface area contributed by atoms with Gasteiger partial charge in [-0.2, -0.15) is 0 Å². The van der Waals surface area contributed by atoms with Crippen LogP contribution in [0.2, 0.25) is 0 Å². The number of esters is 1. The summed E-state index contributed by atoms with van der Waals surface area (Å²) in [6.07, 6.45) is 2.10. The minimum atomic E-state index is -0.536. The zero-order valence-electron chi connectivity index (χ0n) is 17.6. The van der Waals surface area contributed by atoms with Gasteiger partial charge < -0.3 is 15.0 Å². The number of anilines is 1. The van der Waals surface area contributed by atoms with Gasteiger partial charge in [-0.3, -0.25) is 9.59 Å². The second-order valence-electron chi connectivity index (χ2n) is 7.64. The van der Waals surface area contributed by atoms with E-state index in [9.17, 15) is 14.4 Å². The standard InChI is InChI=1S/C26H24N2O4/c29-24(20-8-2-1-3-9-20)27-23-11-5-4-10-22(23)26(31)32-18-19-12-14-21(15-13-19)25(30)28-16-6-7-17-28/h1-5,8-15H,6-7,16-18H2,(H,27,29). The molecule has 4 rings (SSSR count). The van der Waals surface area contributed by atoms with Crippen LogP contribution in [0.4, 0.5) is 5.69 Å². The molecule has 1 heterocycles. The van der Waals surface area contributed by atoms with E-state index in [0.717, 1.165) is 31.5 Å². The summed E-state index contributed by atoms with van der Waals surface area (Å²) >= 11 is 0. The first-order valence-electron chi connectivity index (χ1n) is 10.6. The highest BCUT2D eigenvalue weighted by molar-refractivity contribution is 6.08. The summed E-state index contributed by atoms with van der Waals surface area (Å²) < 4.78 is 5.46. The largest absolute Gasteiger partial charge is 0.457 e. The number of ether oxygens (including phenoxy) is 1. The van der Waals surface area contributed by atoms with Gasteiger partial charge in [0, 0.05) is 24.2 Å². The minimum Gasteiger partial charge on any atom is -0.457 e. The van der Waals surface area contributed by atoms with Crippen molar-refractivity contribution in [3.05, 3.63) is 101 Å². The molecule has 1 N–H and O–H groups in total. The Morgan fingerprint density at radius 2 is 1.44 bits per heavy atom. The number of carbonyl (C=O) groups excluding carboxylic acids is 3. The van der Waals surface area contributed by atoms with Gasteiger partial charge in [0.2, 0.25) is 0 Å². The maximum Gasteiger partial charge on any atom is 0.340 e. The summed E-state index contributed by atoms with van der Waals surface area (Å²) in [5, 5.41) is 2.77. The Bertz CT molecular complexity index is 1100. The molecule has 3 aromatic carbocycles. The van der Waals surface area contributed by atoms with Gasteiger partial charge >= 0.3 is 5.97 Å². The fraction of sp³-hybridized carbons (Fsp3) is 0.192. The zero-order valence-corrected chi connectivity index (χ0v) is 17.6. The molecule has 2 amide bonds. The highest BCUT2D eigenvalue weighted by Gasteiger charge is 2.19.